The number of hydrogen-bond acceptors (Lipinski definition) is 5. The van der Waals surface area contributed by atoms with Crippen LogP contribution in [0.5, 0.6) is 0 Å². The number of anilines is 2. The van der Waals surface area contributed by atoms with E-state index in [9.17, 15) is 0 Å². The van der Waals surface area contributed by atoms with Gasteiger partial charge in [0.2, 0.25) is 0 Å². The maximum Gasteiger partial charge on any atom is 0.147 e. The van der Waals surface area contributed by atoms with Crippen molar-refractivity contribution in [2.24, 2.45) is 0 Å². The van der Waals surface area contributed by atoms with Gasteiger partial charge in [-0.3, -0.25) is 4.98 Å². The van der Waals surface area contributed by atoms with E-state index in [4.69, 9.17) is 4.74 Å². The Morgan fingerprint density at radius 1 is 1.33 bits per heavy atom. The first kappa shape index (κ1) is 13.1. The minimum absolute atomic E-state index is 0.386. The van der Waals surface area contributed by atoms with Crippen LogP contribution < -0.4 is 10.6 Å². The van der Waals surface area contributed by atoms with Crippen LogP contribution in [0.4, 0.5) is 11.6 Å². The Balaban J connectivity index is 1.89. The predicted molar refractivity (Wildman–Crippen MR) is 72.9 cm³/mol. The van der Waals surface area contributed by atoms with Gasteiger partial charge in [0, 0.05) is 19.7 Å². The molecule has 2 unspecified atom stereocenters. The number of hydrogen-bond donors (Lipinski definition) is 2. The van der Waals surface area contributed by atoms with Gasteiger partial charge in [-0.2, -0.15) is 0 Å². The number of nitrogens with one attached hydrogen (secondary N) is 2. The van der Waals surface area contributed by atoms with E-state index >= 15 is 0 Å². The average molecular weight is 250 g/mol. The van der Waals surface area contributed by atoms with Gasteiger partial charge in [-0.25, -0.2) is 4.98 Å². The molecule has 0 saturated heterocycles. The molecule has 100 valence electrons. The normalized spacial score (nSPS) is 23.0. The second-order valence-electron chi connectivity index (χ2n) is 4.73. The Kier molecular flexibility index (Phi) is 4.75. The van der Waals surface area contributed by atoms with Gasteiger partial charge < -0.3 is 15.4 Å². The summed E-state index contributed by atoms with van der Waals surface area (Å²) in [5.41, 5.74) is 0. The standard InChI is InChI=1S/C13H22N4O/c1-3-6-15-12-8-14-9-13(17-12)16-10-4-5-11(7-10)18-2/h8-11H,3-7H2,1-2H3,(H2,15,16,17). The van der Waals surface area contributed by atoms with Crippen molar-refractivity contribution in [1.82, 2.24) is 9.97 Å². The van der Waals surface area contributed by atoms with Crippen LogP contribution >= 0.6 is 0 Å². The molecule has 1 aromatic rings. The molecule has 0 amide bonds. The third-order valence-corrected chi connectivity index (χ3v) is 3.26. The minimum atomic E-state index is 0.386. The van der Waals surface area contributed by atoms with Crippen LogP contribution in [0.3, 0.4) is 0 Å². The van der Waals surface area contributed by atoms with E-state index in [1.54, 1.807) is 19.5 Å². The first-order valence-electron chi connectivity index (χ1n) is 6.67. The molecule has 0 bridgehead atoms. The average Bonchev–Trinajstić information content (AvgIpc) is 2.84. The summed E-state index contributed by atoms with van der Waals surface area (Å²) in [5, 5.41) is 6.67. The Morgan fingerprint density at radius 2 is 2.17 bits per heavy atom. The van der Waals surface area contributed by atoms with Gasteiger partial charge >= 0.3 is 0 Å². The summed E-state index contributed by atoms with van der Waals surface area (Å²) >= 11 is 0. The van der Waals surface area contributed by atoms with E-state index < -0.39 is 0 Å². The van der Waals surface area contributed by atoms with E-state index in [2.05, 4.69) is 27.5 Å². The van der Waals surface area contributed by atoms with Crippen LogP contribution in [0, 0.1) is 0 Å². The van der Waals surface area contributed by atoms with Gasteiger partial charge in [0.1, 0.15) is 11.6 Å². The fourth-order valence-corrected chi connectivity index (χ4v) is 2.27. The van der Waals surface area contributed by atoms with Crippen LogP contribution in [-0.2, 0) is 4.74 Å². The molecule has 2 N–H and O–H groups in total. The van der Waals surface area contributed by atoms with Gasteiger partial charge in [0.15, 0.2) is 0 Å². The molecule has 2 atom stereocenters. The molecule has 1 aliphatic carbocycles. The highest BCUT2D eigenvalue weighted by Gasteiger charge is 2.24. The van der Waals surface area contributed by atoms with Crippen molar-refractivity contribution >= 4 is 11.6 Å². The Bertz CT molecular complexity index is 372. The quantitative estimate of drug-likeness (QED) is 0.811. The van der Waals surface area contributed by atoms with Crippen molar-refractivity contribution in [2.45, 2.75) is 44.8 Å². The SMILES string of the molecule is CCCNc1cncc(NC2CCC(OC)C2)n1. The number of nitrogens with zero attached hydrogens (tertiary/aromatic N) is 2. The van der Waals surface area contributed by atoms with Crippen LogP contribution in [0.25, 0.3) is 0 Å². The second kappa shape index (κ2) is 6.54. The largest absolute Gasteiger partial charge is 0.381 e. The monoisotopic (exact) mass is 250 g/mol. The van der Waals surface area contributed by atoms with E-state index in [1.807, 2.05) is 0 Å². The molecule has 1 saturated carbocycles. The third-order valence-electron chi connectivity index (χ3n) is 3.26. The fraction of sp³-hybridized carbons (Fsp3) is 0.692. The molecule has 1 aromatic heterocycles. The Labute approximate surface area is 108 Å². The minimum Gasteiger partial charge on any atom is -0.381 e. The van der Waals surface area contributed by atoms with Gasteiger partial charge in [0.25, 0.3) is 0 Å². The van der Waals surface area contributed by atoms with Crippen LogP contribution in [0.2, 0.25) is 0 Å². The molecular weight excluding hydrogens is 228 g/mol. The lowest BCUT2D eigenvalue weighted by Crippen LogP contribution is -2.18. The van der Waals surface area contributed by atoms with Gasteiger partial charge in [-0.15, -0.1) is 0 Å². The highest BCUT2D eigenvalue weighted by atomic mass is 16.5. The summed E-state index contributed by atoms with van der Waals surface area (Å²) in [6.45, 7) is 3.05. The summed E-state index contributed by atoms with van der Waals surface area (Å²) in [5.74, 6) is 1.68. The molecular formula is C13H22N4O. The van der Waals surface area contributed by atoms with Crippen molar-refractivity contribution in [2.75, 3.05) is 24.3 Å². The summed E-state index contributed by atoms with van der Waals surface area (Å²) in [7, 11) is 1.78. The molecule has 0 aliphatic heterocycles. The molecule has 5 nitrogen and oxygen atoms in total. The van der Waals surface area contributed by atoms with Crippen molar-refractivity contribution in [3.8, 4) is 0 Å². The Hall–Kier alpha value is -1.36. The molecule has 5 heteroatoms. The summed E-state index contributed by atoms with van der Waals surface area (Å²) in [4.78, 5) is 8.70. The van der Waals surface area contributed by atoms with Crippen LogP contribution in [0.1, 0.15) is 32.6 Å². The van der Waals surface area contributed by atoms with E-state index in [1.165, 1.54) is 0 Å². The molecule has 1 fully saturated rings. The van der Waals surface area contributed by atoms with Crippen LogP contribution in [0.15, 0.2) is 12.4 Å². The smallest absolute Gasteiger partial charge is 0.147 e. The summed E-state index contributed by atoms with van der Waals surface area (Å²) in [6, 6.07) is 0.450. The molecule has 0 spiro atoms. The molecule has 1 heterocycles. The zero-order valence-electron chi connectivity index (χ0n) is 11.1. The van der Waals surface area contributed by atoms with Crippen molar-refractivity contribution in [3.63, 3.8) is 0 Å². The lowest BCUT2D eigenvalue weighted by atomic mass is 10.2. The van der Waals surface area contributed by atoms with Gasteiger partial charge in [-0.05, 0) is 25.7 Å². The fourth-order valence-electron chi connectivity index (χ4n) is 2.27. The predicted octanol–water partition coefficient (Wildman–Crippen LogP) is 2.28. The highest BCUT2D eigenvalue weighted by Crippen LogP contribution is 2.24. The lowest BCUT2D eigenvalue weighted by molar-refractivity contribution is 0.108. The van der Waals surface area contributed by atoms with Gasteiger partial charge in [0.05, 0.1) is 18.5 Å². The summed E-state index contributed by atoms with van der Waals surface area (Å²) < 4.78 is 5.37. The third kappa shape index (κ3) is 3.57. The number of ether oxygens (including phenoxy) is 1. The topological polar surface area (TPSA) is 59.1 Å². The Morgan fingerprint density at radius 3 is 2.89 bits per heavy atom. The zero-order valence-corrected chi connectivity index (χ0v) is 11.1. The van der Waals surface area contributed by atoms with Crippen molar-refractivity contribution in [1.29, 1.82) is 0 Å². The number of methoxy groups -OCH3 is 1. The molecule has 2 rings (SSSR count). The number of rotatable bonds is 6. The highest BCUT2D eigenvalue weighted by molar-refractivity contribution is 5.42. The molecule has 18 heavy (non-hydrogen) atoms. The van der Waals surface area contributed by atoms with Crippen LogP contribution in [-0.4, -0.2) is 35.8 Å². The van der Waals surface area contributed by atoms with E-state index in [0.717, 1.165) is 43.9 Å². The van der Waals surface area contributed by atoms with Gasteiger partial charge in [-0.1, -0.05) is 6.92 Å². The van der Waals surface area contributed by atoms with Crippen molar-refractivity contribution in [3.05, 3.63) is 12.4 Å². The van der Waals surface area contributed by atoms with E-state index in [0.29, 0.717) is 12.1 Å². The lowest BCUT2D eigenvalue weighted by Gasteiger charge is -2.14. The maximum absolute atomic E-state index is 5.37. The first-order chi connectivity index (χ1) is 8.81. The molecule has 1 aliphatic rings. The number of aromatic nitrogens is 2. The first-order valence-corrected chi connectivity index (χ1v) is 6.67. The molecule has 0 aromatic carbocycles. The zero-order chi connectivity index (χ0) is 12.8. The summed E-state index contributed by atoms with van der Waals surface area (Å²) in [6.07, 6.45) is 8.30. The second-order valence-corrected chi connectivity index (χ2v) is 4.73. The maximum atomic E-state index is 5.37. The van der Waals surface area contributed by atoms with E-state index in [-0.39, 0.29) is 0 Å². The van der Waals surface area contributed by atoms with Crippen molar-refractivity contribution < 1.29 is 4.74 Å². The molecule has 0 radical (unpaired) electrons.